The third kappa shape index (κ3) is 2.05. The molecule has 0 bridgehead atoms. The van der Waals surface area contributed by atoms with Gasteiger partial charge in [-0.2, -0.15) is 0 Å². The molecule has 0 radical (unpaired) electrons. The normalized spacial score (nSPS) is 12.9. The Morgan fingerprint density at radius 2 is 2.12 bits per heavy atom. The fourth-order valence-corrected chi connectivity index (χ4v) is 1.97. The Morgan fingerprint density at radius 3 is 2.88 bits per heavy atom. The standard InChI is InChI=1S/C13H16N2O/c1-14-12(7-9-16)13-11-5-3-2-4-10(11)6-8-15-13/h2-6,8,12,14,16H,7,9H2,1H3. The van der Waals surface area contributed by atoms with Crippen LogP contribution in [0.25, 0.3) is 10.8 Å². The monoisotopic (exact) mass is 216 g/mol. The van der Waals surface area contributed by atoms with E-state index in [0.717, 1.165) is 11.1 Å². The molecule has 1 aromatic heterocycles. The van der Waals surface area contributed by atoms with Gasteiger partial charge in [0.1, 0.15) is 0 Å². The third-order valence-corrected chi connectivity index (χ3v) is 2.80. The second-order valence-electron chi connectivity index (χ2n) is 3.77. The number of benzene rings is 1. The number of pyridine rings is 1. The minimum Gasteiger partial charge on any atom is -0.396 e. The number of hydrogen-bond acceptors (Lipinski definition) is 3. The fourth-order valence-electron chi connectivity index (χ4n) is 1.97. The van der Waals surface area contributed by atoms with Crippen molar-refractivity contribution in [3.63, 3.8) is 0 Å². The summed E-state index contributed by atoms with van der Waals surface area (Å²) in [6.07, 6.45) is 2.50. The average molecular weight is 216 g/mol. The first kappa shape index (κ1) is 11.0. The number of nitrogens with zero attached hydrogens (tertiary/aromatic N) is 1. The van der Waals surface area contributed by atoms with Crippen molar-refractivity contribution in [2.75, 3.05) is 13.7 Å². The second kappa shape index (κ2) is 5.05. The highest BCUT2D eigenvalue weighted by Crippen LogP contribution is 2.23. The lowest BCUT2D eigenvalue weighted by molar-refractivity contribution is 0.268. The molecule has 1 atom stereocenters. The van der Waals surface area contributed by atoms with Gasteiger partial charge < -0.3 is 10.4 Å². The van der Waals surface area contributed by atoms with Crippen LogP contribution in [0.3, 0.4) is 0 Å². The number of nitrogens with one attached hydrogen (secondary N) is 1. The maximum atomic E-state index is 9.03. The van der Waals surface area contributed by atoms with Crippen LogP contribution in [-0.4, -0.2) is 23.7 Å². The van der Waals surface area contributed by atoms with Gasteiger partial charge in [0.05, 0.1) is 11.7 Å². The minimum absolute atomic E-state index is 0.107. The lowest BCUT2D eigenvalue weighted by atomic mass is 10.0. The highest BCUT2D eigenvalue weighted by molar-refractivity contribution is 5.84. The van der Waals surface area contributed by atoms with E-state index < -0.39 is 0 Å². The van der Waals surface area contributed by atoms with Gasteiger partial charge in [0, 0.05) is 18.2 Å². The largest absolute Gasteiger partial charge is 0.396 e. The summed E-state index contributed by atoms with van der Waals surface area (Å²) in [6.45, 7) is 0.163. The van der Waals surface area contributed by atoms with E-state index in [1.165, 1.54) is 5.39 Å². The van der Waals surface area contributed by atoms with E-state index in [2.05, 4.69) is 22.4 Å². The van der Waals surface area contributed by atoms with E-state index in [4.69, 9.17) is 5.11 Å². The maximum absolute atomic E-state index is 9.03. The van der Waals surface area contributed by atoms with Gasteiger partial charge in [-0.1, -0.05) is 24.3 Å². The lowest BCUT2D eigenvalue weighted by Gasteiger charge is -2.16. The quantitative estimate of drug-likeness (QED) is 0.820. The SMILES string of the molecule is CNC(CCO)c1nccc2ccccc12. The smallest absolute Gasteiger partial charge is 0.0652 e. The Labute approximate surface area is 95.1 Å². The summed E-state index contributed by atoms with van der Waals surface area (Å²) >= 11 is 0. The summed E-state index contributed by atoms with van der Waals surface area (Å²) in [4.78, 5) is 4.42. The van der Waals surface area contributed by atoms with Crippen LogP contribution >= 0.6 is 0 Å². The number of aliphatic hydroxyl groups is 1. The molecule has 0 saturated carbocycles. The Kier molecular flexibility index (Phi) is 3.49. The van der Waals surface area contributed by atoms with E-state index in [1.54, 1.807) is 0 Å². The molecule has 0 aliphatic carbocycles. The van der Waals surface area contributed by atoms with Gasteiger partial charge in [-0.25, -0.2) is 0 Å². The molecule has 0 saturated heterocycles. The van der Waals surface area contributed by atoms with E-state index in [0.29, 0.717) is 6.42 Å². The van der Waals surface area contributed by atoms with Crippen molar-refractivity contribution in [3.05, 3.63) is 42.2 Å². The van der Waals surface area contributed by atoms with Gasteiger partial charge >= 0.3 is 0 Å². The molecule has 0 amide bonds. The summed E-state index contributed by atoms with van der Waals surface area (Å²) in [7, 11) is 1.89. The van der Waals surface area contributed by atoms with Crippen molar-refractivity contribution in [1.82, 2.24) is 10.3 Å². The molecule has 2 aromatic rings. The van der Waals surface area contributed by atoms with Crippen LogP contribution in [0.1, 0.15) is 18.2 Å². The Morgan fingerprint density at radius 1 is 1.31 bits per heavy atom. The maximum Gasteiger partial charge on any atom is 0.0652 e. The first-order chi connectivity index (χ1) is 7.86. The molecule has 0 spiro atoms. The van der Waals surface area contributed by atoms with Crippen molar-refractivity contribution in [2.45, 2.75) is 12.5 Å². The molecule has 84 valence electrons. The lowest BCUT2D eigenvalue weighted by Crippen LogP contribution is -2.19. The number of aromatic nitrogens is 1. The van der Waals surface area contributed by atoms with Gasteiger partial charge in [-0.05, 0) is 24.9 Å². The predicted octanol–water partition coefficient (Wildman–Crippen LogP) is 1.88. The van der Waals surface area contributed by atoms with Crippen LogP contribution in [-0.2, 0) is 0 Å². The fraction of sp³-hybridized carbons (Fsp3) is 0.308. The van der Waals surface area contributed by atoms with Crippen molar-refractivity contribution < 1.29 is 5.11 Å². The van der Waals surface area contributed by atoms with Crippen LogP contribution in [0.2, 0.25) is 0 Å². The highest BCUT2D eigenvalue weighted by atomic mass is 16.3. The summed E-state index contributed by atoms with van der Waals surface area (Å²) in [6, 6.07) is 10.3. The summed E-state index contributed by atoms with van der Waals surface area (Å²) in [5.41, 5.74) is 1.01. The second-order valence-corrected chi connectivity index (χ2v) is 3.77. The van der Waals surface area contributed by atoms with E-state index in [-0.39, 0.29) is 12.6 Å². The van der Waals surface area contributed by atoms with Crippen LogP contribution in [0.4, 0.5) is 0 Å². The van der Waals surface area contributed by atoms with E-state index >= 15 is 0 Å². The van der Waals surface area contributed by atoms with Crippen molar-refractivity contribution in [2.24, 2.45) is 0 Å². The number of aliphatic hydroxyl groups excluding tert-OH is 1. The predicted molar refractivity (Wildman–Crippen MR) is 65.2 cm³/mol. The molecule has 3 nitrogen and oxygen atoms in total. The molecule has 2 N–H and O–H groups in total. The molecule has 3 heteroatoms. The number of fused-ring (bicyclic) bond motifs is 1. The van der Waals surface area contributed by atoms with E-state index in [1.807, 2.05) is 31.4 Å². The zero-order valence-electron chi connectivity index (χ0n) is 9.35. The van der Waals surface area contributed by atoms with Crippen LogP contribution in [0.15, 0.2) is 36.5 Å². The van der Waals surface area contributed by atoms with Gasteiger partial charge in [0.15, 0.2) is 0 Å². The summed E-state index contributed by atoms with van der Waals surface area (Å²) < 4.78 is 0. The van der Waals surface area contributed by atoms with Gasteiger partial charge in [0.2, 0.25) is 0 Å². The summed E-state index contributed by atoms with van der Waals surface area (Å²) in [5, 5.41) is 14.6. The minimum atomic E-state index is 0.107. The molecular weight excluding hydrogens is 200 g/mol. The molecule has 1 aromatic carbocycles. The third-order valence-electron chi connectivity index (χ3n) is 2.80. The van der Waals surface area contributed by atoms with Crippen molar-refractivity contribution in [3.8, 4) is 0 Å². The topological polar surface area (TPSA) is 45.1 Å². The summed E-state index contributed by atoms with van der Waals surface area (Å²) in [5.74, 6) is 0. The van der Waals surface area contributed by atoms with E-state index in [9.17, 15) is 0 Å². The molecule has 1 unspecified atom stereocenters. The highest BCUT2D eigenvalue weighted by Gasteiger charge is 2.12. The zero-order chi connectivity index (χ0) is 11.4. The average Bonchev–Trinajstić information content (AvgIpc) is 2.35. The molecule has 1 heterocycles. The Balaban J connectivity index is 2.50. The molecular formula is C13H16N2O. The van der Waals surface area contributed by atoms with Gasteiger partial charge in [-0.3, -0.25) is 4.98 Å². The zero-order valence-corrected chi connectivity index (χ0v) is 9.35. The Bertz CT molecular complexity index is 465. The van der Waals surface area contributed by atoms with Gasteiger partial charge in [0.25, 0.3) is 0 Å². The molecule has 16 heavy (non-hydrogen) atoms. The van der Waals surface area contributed by atoms with Gasteiger partial charge in [-0.15, -0.1) is 0 Å². The van der Waals surface area contributed by atoms with Crippen molar-refractivity contribution in [1.29, 1.82) is 0 Å². The molecule has 0 aliphatic heterocycles. The first-order valence-electron chi connectivity index (χ1n) is 5.48. The first-order valence-corrected chi connectivity index (χ1v) is 5.48. The number of hydrogen-bond donors (Lipinski definition) is 2. The molecule has 0 aliphatic rings. The molecule has 0 fully saturated rings. The molecule has 2 rings (SSSR count). The Hall–Kier alpha value is -1.45. The number of rotatable bonds is 4. The van der Waals surface area contributed by atoms with Crippen LogP contribution in [0.5, 0.6) is 0 Å². The van der Waals surface area contributed by atoms with Crippen LogP contribution in [0, 0.1) is 0 Å². The van der Waals surface area contributed by atoms with Crippen LogP contribution < -0.4 is 5.32 Å². The van der Waals surface area contributed by atoms with Crippen molar-refractivity contribution >= 4 is 10.8 Å².